The number of nitrogens with zero attached hydrogens (tertiary/aromatic N) is 2. The van der Waals surface area contributed by atoms with E-state index in [0.717, 1.165) is 0 Å². The van der Waals surface area contributed by atoms with E-state index >= 15 is 0 Å². The molecule has 6 nitrogen and oxygen atoms in total. The molecule has 0 unspecified atom stereocenters. The summed E-state index contributed by atoms with van der Waals surface area (Å²) in [4.78, 5) is 26.5. The van der Waals surface area contributed by atoms with Crippen molar-refractivity contribution < 1.29 is 19.8 Å². The van der Waals surface area contributed by atoms with Crippen LogP contribution in [0.15, 0.2) is 24.8 Å². The smallest absolute Gasteiger partial charge is 0.0451 e. The van der Waals surface area contributed by atoms with Crippen molar-refractivity contribution in [2.75, 3.05) is 0 Å². The maximum atomic E-state index is 9.51. The minimum absolute atomic E-state index is 1.12. The van der Waals surface area contributed by atoms with Crippen molar-refractivity contribution in [2.45, 2.75) is 0 Å². The quantitative estimate of drug-likeness (QED) is 0.690. The monoisotopic (exact) mass is 210 g/mol. The molecular weight excluding hydrogens is 204 g/mol. The van der Waals surface area contributed by atoms with Crippen LogP contribution in [0.5, 0.6) is 0 Å². The SMILES string of the molecule is O=[C](O)[Ca][C](=O)O.c1cnccn1. The van der Waals surface area contributed by atoms with Crippen LogP contribution in [-0.4, -0.2) is 58.2 Å². The third-order valence-corrected chi connectivity index (χ3v) is 1.72. The van der Waals surface area contributed by atoms with Crippen molar-refractivity contribution in [3.8, 4) is 0 Å². The third-order valence-electron chi connectivity index (χ3n) is 0.780. The number of carbonyl (C=O) groups is 2. The van der Waals surface area contributed by atoms with Crippen LogP contribution in [-0.2, 0) is 0 Å². The van der Waals surface area contributed by atoms with Gasteiger partial charge in [0.05, 0.1) is 0 Å². The predicted molar refractivity (Wildman–Crippen MR) is 43.8 cm³/mol. The molecule has 1 aromatic rings. The van der Waals surface area contributed by atoms with E-state index in [9.17, 15) is 9.59 Å². The van der Waals surface area contributed by atoms with Gasteiger partial charge in [0.2, 0.25) is 0 Å². The molecule has 0 aliphatic heterocycles. The molecule has 66 valence electrons. The van der Waals surface area contributed by atoms with Gasteiger partial charge in [-0.05, 0) is 0 Å². The van der Waals surface area contributed by atoms with Crippen LogP contribution in [0.2, 0.25) is 0 Å². The Morgan fingerprint density at radius 1 is 0.923 bits per heavy atom. The fraction of sp³-hybridized carbons (Fsp3) is 0. The van der Waals surface area contributed by atoms with Crippen LogP contribution in [0, 0.1) is 0 Å². The molecule has 1 rings (SSSR count). The standard InChI is InChI=1S/C4H4N2.2CHO2.Ca/c1-2-6-4-3-5-1;2*2-1-3;/h1-4H;2*(H,2,3);. The Morgan fingerprint density at radius 3 is 1.31 bits per heavy atom. The van der Waals surface area contributed by atoms with Crippen molar-refractivity contribution >= 4 is 38.0 Å². The average Bonchev–Trinajstić information content (AvgIpc) is 2.06. The summed E-state index contributed by atoms with van der Waals surface area (Å²) >= 11 is -2.26. The molecule has 7 heteroatoms. The number of rotatable bonds is 2. The van der Waals surface area contributed by atoms with Gasteiger partial charge >= 0.3 is 57.8 Å². The fourth-order valence-electron chi connectivity index (χ4n) is 0.383. The maximum absolute atomic E-state index is 9.51. The largest absolute Gasteiger partial charge is 0.262 e. The molecule has 0 aromatic carbocycles. The fourth-order valence-corrected chi connectivity index (χ4v) is 0.787. The molecule has 2 N–H and O–H groups in total. The molecule has 0 radical (unpaired) electrons. The van der Waals surface area contributed by atoms with E-state index in [4.69, 9.17) is 10.2 Å². The maximum Gasteiger partial charge on any atom is 0.0451 e. The molecule has 1 heterocycles. The minimum Gasteiger partial charge on any atom is -0.262 e. The van der Waals surface area contributed by atoms with Gasteiger partial charge in [0.25, 0.3) is 0 Å². The Kier molecular flexibility index (Phi) is 7.47. The van der Waals surface area contributed by atoms with Gasteiger partial charge in [-0.1, -0.05) is 0 Å². The summed E-state index contributed by atoms with van der Waals surface area (Å²) < 4.78 is -2.25. The molecule has 0 aliphatic carbocycles. The second-order valence-corrected chi connectivity index (χ2v) is 4.30. The van der Waals surface area contributed by atoms with Crippen molar-refractivity contribution in [3.05, 3.63) is 24.8 Å². The van der Waals surface area contributed by atoms with Crippen LogP contribution in [0.4, 0.5) is 9.59 Å². The molecule has 0 saturated heterocycles. The number of hydrogen-bond donors (Lipinski definition) is 2. The first-order valence-corrected chi connectivity index (χ1v) is 5.47. The molecule has 0 aliphatic rings. The molecule has 1 aromatic heterocycles. The van der Waals surface area contributed by atoms with E-state index in [2.05, 4.69) is 9.97 Å². The van der Waals surface area contributed by atoms with E-state index in [1.54, 1.807) is 24.8 Å². The molecule has 0 amide bonds. The first kappa shape index (κ1) is 12.3. The van der Waals surface area contributed by atoms with E-state index in [1.807, 2.05) is 0 Å². The van der Waals surface area contributed by atoms with Crippen LogP contribution in [0.25, 0.3) is 0 Å². The van der Waals surface area contributed by atoms with Crippen LogP contribution in [0.1, 0.15) is 0 Å². The molecule has 0 spiro atoms. The zero-order chi connectivity index (χ0) is 10.1. The van der Waals surface area contributed by atoms with E-state index in [1.165, 1.54) is 0 Å². The van der Waals surface area contributed by atoms with E-state index in [-0.39, 0.29) is 0 Å². The van der Waals surface area contributed by atoms with Gasteiger partial charge in [0.15, 0.2) is 0 Å². The molecule has 0 bridgehead atoms. The number of carboxylic acid groups (broad SMARTS) is 2. The first-order valence-electron chi connectivity index (χ1n) is 3.26. The molecule has 13 heavy (non-hydrogen) atoms. The molecule has 0 fully saturated rings. The second kappa shape index (κ2) is 7.90. The second-order valence-electron chi connectivity index (χ2n) is 1.86. The van der Waals surface area contributed by atoms with Gasteiger partial charge in [-0.3, -0.25) is 9.97 Å². The van der Waals surface area contributed by atoms with Gasteiger partial charge < -0.3 is 0 Å². The Balaban J connectivity index is 0.000000223. The Morgan fingerprint density at radius 2 is 1.23 bits per heavy atom. The van der Waals surface area contributed by atoms with E-state index < -0.39 is 38.0 Å². The van der Waals surface area contributed by atoms with Crippen molar-refractivity contribution in [3.63, 3.8) is 0 Å². The van der Waals surface area contributed by atoms with Gasteiger partial charge in [-0.25, -0.2) is 0 Å². The van der Waals surface area contributed by atoms with Gasteiger partial charge in [0, 0.05) is 24.8 Å². The van der Waals surface area contributed by atoms with Crippen LogP contribution in [0.3, 0.4) is 0 Å². The number of aromatic nitrogens is 2. The van der Waals surface area contributed by atoms with Gasteiger partial charge in [0.1, 0.15) is 0 Å². The first-order chi connectivity index (χ1) is 6.13. The summed E-state index contributed by atoms with van der Waals surface area (Å²) in [5, 5.41) is 15.6. The Bertz CT molecular complexity index is 228. The predicted octanol–water partition coefficient (Wildman–Crippen LogP) is 0.523. The van der Waals surface area contributed by atoms with Crippen molar-refractivity contribution in [1.82, 2.24) is 9.97 Å². The molecule has 0 saturated carbocycles. The van der Waals surface area contributed by atoms with E-state index in [0.29, 0.717) is 0 Å². The average molecular weight is 210 g/mol. The molecule has 0 atom stereocenters. The zero-order valence-electron chi connectivity index (χ0n) is 6.62. The van der Waals surface area contributed by atoms with Crippen molar-refractivity contribution in [1.29, 1.82) is 0 Å². The molecular formula is C6H6CaN2O4. The third kappa shape index (κ3) is 11.3. The zero-order valence-corrected chi connectivity index (χ0v) is 8.83. The summed E-state index contributed by atoms with van der Waals surface area (Å²) in [6, 6.07) is 0. The summed E-state index contributed by atoms with van der Waals surface area (Å²) in [6.07, 6.45) is 6.56. The topological polar surface area (TPSA) is 100 Å². The van der Waals surface area contributed by atoms with Gasteiger partial charge in [-0.15, -0.1) is 0 Å². The van der Waals surface area contributed by atoms with Gasteiger partial charge in [-0.2, -0.15) is 0 Å². The van der Waals surface area contributed by atoms with Crippen LogP contribution >= 0.6 is 0 Å². The Labute approximate surface area is 91.9 Å². The summed E-state index contributed by atoms with van der Waals surface area (Å²) in [5.74, 6) is 0. The van der Waals surface area contributed by atoms with Crippen molar-refractivity contribution in [2.24, 2.45) is 0 Å². The summed E-state index contributed by atoms with van der Waals surface area (Å²) in [7, 11) is 0. The minimum atomic E-state index is -2.26. The Hall–Kier alpha value is -0.720. The van der Waals surface area contributed by atoms with Crippen LogP contribution < -0.4 is 0 Å². The number of hydrogen-bond acceptors (Lipinski definition) is 4. The normalized spacial score (nSPS) is 7.38. The summed E-state index contributed by atoms with van der Waals surface area (Å²) in [5.41, 5.74) is 0. The summed E-state index contributed by atoms with van der Waals surface area (Å²) in [6.45, 7) is 0.